The van der Waals surface area contributed by atoms with E-state index in [1.165, 1.54) is 7.11 Å². The van der Waals surface area contributed by atoms with E-state index in [9.17, 15) is 5.11 Å². The molecule has 6 atom stereocenters. The van der Waals surface area contributed by atoms with Crippen molar-refractivity contribution in [2.24, 2.45) is 5.11 Å². The monoisotopic (exact) mass is 307 g/mol. The fourth-order valence-corrected chi connectivity index (χ4v) is 2.73. The molecule has 0 aliphatic carbocycles. The number of rotatable bonds is 3. The van der Waals surface area contributed by atoms with E-state index in [-0.39, 0.29) is 6.61 Å². The van der Waals surface area contributed by atoms with Gasteiger partial charge in [-0.15, -0.1) is 0 Å². The highest BCUT2D eigenvalue weighted by atomic mass is 16.7. The molecule has 0 aromatic heterocycles. The number of fused-ring (bicyclic) bond motifs is 1. The molecule has 2 aliphatic rings. The summed E-state index contributed by atoms with van der Waals surface area (Å²) in [5.74, 6) is 0. The maximum atomic E-state index is 10.5. The lowest BCUT2D eigenvalue weighted by Gasteiger charge is -2.46. The third-order valence-corrected chi connectivity index (χ3v) is 3.82. The number of azide groups is 1. The normalized spacial score (nSPS) is 37.9. The number of nitrogens with zero attached hydrogens (tertiary/aromatic N) is 3. The zero-order valence-corrected chi connectivity index (χ0v) is 12.0. The molecule has 118 valence electrons. The molecule has 0 amide bonds. The van der Waals surface area contributed by atoms with Crippen LogP contribution in [0.4, 0.5) is 0 Å². The molecule has 0 saturated carbocycles. The highest BCUT2D eigenvalue weighted by molar-refractivity contribution is 5.16. The smallest absolute Gasteiger partial charge is 0.184 e. The van der Waals surface area contributed by atoms with Gasteiger partial charge in [-0.1, -0.05) is 35.4 Å². The van der Waals surface area contributed by atoms with Gasteiger partial charge in [-0.3, -0.25) is 0 Å². The van der Waals surface area contributed by atoms with Crippen molar-refractivity contribution >= 4 is 0 Å². The second-order valence-corrected chi connectivity index (χ2v) is 5.14. The van der Waals surface area contributed by atoms with Gasteiger partial charge in [0.1, 0.15) is 18.2 Å². The van der Waals surface area contributed by atoms with E-state index in [1.807, 2.05) is 30.3 Å². The average molecular weight is 307 g/mol. The summed E-state index contributed by atoms with van der Waals surface area (Å²) in [7, 11) is 1.43. The fourth-order valence-electron chi connectivity index (χ4n) is 2.73. The Hall–Kier alpha value is -1.67. The second kappa shape index (κ2) is 6.62. The van der Waals surface area contributed by atoms with Gasteiger partial charge in [-0.25, -0.2) is 0 Å². The minimum Gasteiger partial charge on any atom is -0.390 e. The van der Waals surface area contributed by atoms with Crippen LogP contribution >= 0.6 is 0 Å². The number of aliphatic hydroxyl groups excluding tert-OH is 1. The molecule has 2 heterocycles. The highest BCUT2D eigenvalue weighted by Gasteiger charge is 2.49. The predicted molar refractivity (Wildman–Crippen MR) is 74.6 cm³/mol. The summed E-state index contributed by atoms with van der Waals surface area (Å²) >= 11 is 0. The number of hydrogen-bond donors (Lipinski definition) is 1. The van der Waals surface area contributed by atoms with Crippen molar-refractivity contribution in [3.8, 4) is 0 Å². The third-order valence-electron chi connectivity index (χ3n) is 3.82. The largest absolute Gasteiger partial charge is 0.390 e. The van der Waals surface area contributed by atoms with Crippen LogP contribution in [-0.2, 0) is 18.9 Å². The van der Waals surface area contributed by atoms with Gasteiger partial charge in [0, 0.05) is 17.6 Å². The van der Waals surface area contributed by atoms with Crippen molar-refractivity contribution in [3.05, 3.63) is 46.3 Å². The summed E-state index contributed by atoms with van der Waals surface area (Å²) in [6.07, 6.45) is -3.58. The first kappa shape index (κ1) is 15.2. The highest BCUT2D eigenvalue weighted by Crippen LogP contribution is 2.35. The van der Waals surface area contributed by atoms with Gasteiger partial charge in [0.15, 0.2) is 12.6 Å². The molecule has 22 heavy (non-hydrogen) atoms. The average Bonchev–Trinajstić information content (AvgIpc) is 2.58. The first-order valence-electron chi connectivity index (χ1n) is 6.97. The molecule has 2 fully saturated rings. The lowest BCUT2D eigenvalue weighted by molar-refractivity contribution is -0.338. The zero-order valence-electron chi connectivity index (χ0n) is 12.0. The molecule has 1 aromatic rings. The first-order chi connectivity index (χ1) is 10.7. The van der Waals surface area contributed by atoms with Gasteiger partial charge in [0.25, 0.3) is 0 Å². The summed E-state index contributed by atoms with van der Waals surface area (Å²) < 4.78 is 22.3. The Morgan fingerprint density at radius 2 is 2.09 bits per heavy atom. The molecule has 1 unspecified atom stereocenters. The van der Waals surface area contributed by atoms with E-state index in [1.54, 1.807) is 0 Å². The molecule has 8 nitrogen and oxygen atoms in total. The molecule has 1 aromatic carbocycles. The predicted octanol–water partition coefficient (Wildman–Crippen LogP) is 1.51. The fraction of sp³-hybridized carbons (Fsp3) is 0.571. The van der Waals surface area contributed by atoms with E-state index in [0.717, 1.165) is 5.56 Å². The van der Waals surface area contributed by atoms with Crippen molar-refractivity contribution < 1.29 is 24.1 Å². The Morgan fingerprint density at radius 1 is 1.32 bits per heavy atom. The Labute approximate surface area is 127 Å². The van der Waals surface area contributed by atoms with Gasteiger partial charge in [-0.05, 0) is 5.53 Å². The van der Waals surface area contributed by atoms with Crippen LogP contribution in [-0.4, -0.2) is 49.5 Å². The SMILES string of the molecule is CO[C@H]1O[C@@H]2COC(c3ccccc3)O[C@@H]2[C@H](O)[C@H]1N=[N+]=[N-]. The maximum absolute atomic E-state index is 10.5. The molecule has 0 radical (unpaired) electrons. The van der Waals surface area contributed by atoms with Crippen molar-refractivity contribution in [1.29, 1.82) is 0 Å². The minimum atomic E-state index is -1.03. The number of hydrogen-bond acceptors (Lipinski definition) is 6. The van der Waals surface area contributed by atoms with Gasteiger partial charge in [-0.2, -0.15) is 0 Å². The number of aliphatic hydroxyl groups is 1. The Balaban J connectivity index is 1.79. The van der Waals surface area contributed by atoms with Crippen LogP contribution in [0.1, 0.15) is 11.9 Å². The molecule has 3 rings (SSSR count). The molecule has 2 aliphatic heterocycles. The summed E-state index contributed by atoms with van der Waals surface area (Å²) in [5, 5.41) is 14.0. The molecule has 0 spiro atoms. The minimum absolute atomic E-state index is 0.254. The third kappa shape index (κ3) is 2.80. The van der Waals surface area contributed by atoms with Crippen LogP contribution in [0.5, 0.6) is 0 Å². The summed E-state index contributed by atoms with van der Waals surface area (Å²) in [6.45, 7) is 0.254. The summed E-state index contributed by atoms with van der Waals surface area (Å²) in [6, 6.07) is 8.55. The molecule has 8 heteroatoms. The standard InChI is InChI=1S/C14H17N3O5/c1-19-14-10(16-17-15)11(18)12-9(21-14)7-20-13(22-12)8-5-3-2-4-6-8/h2-6,9-14,18H,7H2,1H3/t9-,10-,11-,12+,13?,14+/m1/s1. The van der Waals surface area contributed by atoms with Crippen molar-refractivity contribution in [1.82, 2.24) is 0 Å². The molecular weight excluding hydrogens is 290 g/mol. The van der Waals surface area contributed by atoms with E-state index in [0.29, 0.717) is 0 Å². The lowest BCUT2D eigenvalue weighted by atomic mass is 9.96. The summed E-state index contributed by atoms with van der Waals surface area (Å²) in [5.41, 5.74) is 9.50. The Kier molecular flexibility index (Phi) is 4.58. The van der Waals surface area contributed by atoms with Crippen LogP contribution in [0.3, 0.4) is 0 Å². The van der Waals surface area contributed by atoms with Gasteiger partial charge in [0.2, 0.25) is 0 Å². The second-order valence-electron chi connectivity index (χ2n) is 5.14. The van der Waals surface area contributed by atoms with E-state index in [4.69, 9.17) is 24.5 Å². The maximum Gasteiger partial charge on any atom is 0.184 e. The lowest BCUT2D eigenvalue weighted by Crippen LogP contribution is -2.61. The van der Waals surface area contributed by atoms with Crippen LogP contribution in [0.2, 0.25) is 0 Å². The summed E-state index contributed by atoms with van der Waals surface area (Å²) in [4.78, 5) is 2.74. The Morgan fingerprint density at radius 3 is 2.77 bits per heavy atom. The van der Waals surface area contributed by atoms with Crippen LogP contribution in [0, 0.1) is 0 Å². The van der Waals surface area contributed by atoms with E-state index < -0.39 is 36.9 Å². The topological polar surface area (TPSA) is 106 Å². The van der Waals surface area contributed by atoms with E-state index >= 15 is 0 Å². The molecule has 0 bridgehead atoms. The van der Waals surface area contributed by atoms with Crippen LogP contribution in [0.15, 0.2) is 35.4 Å². The number of benzene rings is 1. The van der Waals surface area contributed by atoms with Gasteiger partial charge in [0.05, 0.1) is 12.7 Å². The van der Waals surface area contributed by atoms with Crippen molar-refractivity contribution in [3.63, 3.8) is 0 Å². The number of ether oxygens (including phenoxy) is 4. The van der Waals surface area contributed by atoms with Crippen LogP contribution < -0.4 is 0 Å². The number of methoxy groups -OCH3 is 1. The molecule has 2 saturated heterocycles. The molecule has 1 N–H and O–H groups in total. The van der Waals surface area contributed by atoms with Crippen molar-refractivity contribution in [2.45, 2.75) is 36.9 Å². The zero-order chi connectivity index (χ0) is 15.5. The van der Waals surface area contributed by atoms with E-state index in [2.05, 4.69) is 10.0 Å². The van der Waals surface area contributed by atoms with Gasteiger partial charge < -0.3 is 24.1 Å². The first-order valence-corrected chi connectivity index (χ1v) is 6.97. The Bertz CT molecular complexity index is 551. The van der Waals surface area contributed by atoms with Crippen LogP contribution in [0.25, 0.3) is 10.4 Å². The van der Waals surface area contributed by atoms with Gasteiger partial charge >= 0.3 is 0 Å². The molecular formula is C14H17N3O5. The quantitative estimate of drug-likeness (QED) is 0.517. The van der Waals surface area contributed by atoms with Crippen molar-refractivity contribution in [2.75, 3.05) is 13.7 Å².